The average molecular weight is 170 g/mol. The summed E-state index contributed by atoms with van der Waals surface area (Å²) in [5.41, 5.74) is 0. The van der Waals surface area contributed by atoms with Crippen molar-refractivity contribution in [1.29, 1.82) is 0 Å². The van der Waals surface area contributed by atoms with E-state index in [1.165, 1.54) is 11.3 Å². The van der Waals surface area contributed by atoms with Crippen LogP contribution in [0.5, 0.6) is 0 Å². The van der Waals surface area contributed by atoms with E-state index in [1.807, 2.05) is 25.2 Å². The van der Waals surface area contributed by atoms with E-state index in [9.17, 15) is 0 Å². The zero-order chi connectivity index (χ0) is 8.27. The van der Waals surface area contributed by atoms with Crippen LogP contribution in [0, 0.1) is 0 Å². The van der Waals surface area contributed by atoms with Gasteiger partial charge < -0.3 is 4.90 Å². The summed E-state index contributed by atoms with van der Waals surface area (Å²) in [6, 6.07) is 0. The van der Waals surface area contributed by atoms with Crippen molar-refractivity contribution < 1.29 is 0 Å². The number of aromatic nitrogens is 1. The van der Waals surface area contributed by atoms with Gasteiger partial charge in [-0.25, -0.2) is 4.98 Å². The molecule has 0 radical (unpaired) electrons. The molecule has 11 heavy (non-hydrogen) atoms. The summed E-state index contributed by atoms with van der Waals surface area (Å²) in [4.78, 5) is 7.71. The van der Waals surface area contributed by atoms with Crippen molar-refractivity contribution in [3.8, 4) is 0 Å². The summed E-state index contributed by atoms with van der Waals surface area (Å²) >= 11 is 1.78. The fourth-order valence-corrected chi connectivity index (χ4v) is 1.80. The highest BCUT2D eigenvalue weighted by molar-refractivity contribution is 7.15. The third-order valence-corrected chi connectivity index (χ3v) is 2.65. The molecular weight excluding hydrogens is 156 g/mol. The molecule has 0 aliphatic rings. The minimum absolute atomic E-state index is 1.11. The predicted octanol–water partition coefficient (Wildman–Crippen LogP) is 2.16. The molecule has 0 spiro atoms. The lowest BCUT2D eigenvalue weighted by Crippen LogP contribution is -2.07. The Kier molecular flexibility index (Phi) is 2.88. The number of thiazole rings is 1. The Morgan fingerprint density at radius 2 is 2.27 bits per heavy atom. The quantitative estimate of drug-likeness (QED) is 0.691. The minimum Gasteiger partial charge on any atom is -0.354 e. The van der Waals surface area contributed by atoms with Gasteiger partial charge in [0.2, 0.25) is 0 Å². The molecule has 0 fully saturated rings. The van der Waals surface area contributed by atoms with Gasteiger partial charge in [0.1, 0.15) is 0 Å². The molecule has 0 atom stereocenters. The van der Waals surface area contributed by atoms with E-state index in [0.717, 1.165) is 11.6 Å². The summed E-state index contributed by atoms with van der Waals surface area (Å²) in [6.07, 6.45) is 4.34. The molecule has 0 aliphatic carbocycles. The van der Waals surface area contributed by atoms with Gasteiger partial charge in [-0.2, -0.15) is 0 Å². The Morgan fingerprint density at radius 1 is 1.55 bits per heavy atom. The van der Waals surface area contributed by atoms with Crippen LogP contribution in [0.1, 0.15) is 18.2 Å². The molecule has 2 nitrogen and oxygen atoms in total. The van der Waals surface area contributed by atoms with Gasteiger partial charge in [-0.1, -0.05) is 13.3 Å². The Bertz CT molecular complexity index is 218. The van der Waals surface area contributed by atoms with Gasteiger partial charge in [0.05, 0.1) is 0 Å². The lowest BCUT2D eigenvalue weighted by Gasteiger charge is -2.04. The number of hydrogen-bond acceptors (Lipinski definition) is 3. The second-order valence-corrected chi connectivity index (χ2v) is 3.85. The highest BCUT2D eigenvalue weighted by atomic mass is 32.1. The summed E-state index contributed by atoms with van der Waals surface area (Å²) in [7, 11) is 4.04. The van der Waals surface area contributed by atoms with E-state index >= 15 is 0 Å². The molecule has 1 rings (SSSR count). The molecule has 0 N–H and O–H groups in total. The fourth-order valence-electron chi connectivity index (χ4n) is 0.866. The fraction of sp³-hybridized carbons (Fsp3) is 0.625. The Hall–Kier alpha value is -0.570. The zero-order valence-corrected chi connectivity index (χ0v) is 8.11. The molecule has 0 aromatic carbocycles. The van der Waals surface area contributed by atoms with E-state index in [2.05, 4.69) is 11.9 Å². The summed E-state index contributed by atoms with van der Waals surface area (Å²) < 4.78 is 0. The minimum atomic E-state index is 1.11. The van der Waals surface area contributed by atoms with Crippen molar-refractivity contribution in [2.75, 3.05) is 19.0 Å². The van der Waals surface area contributed by atoms with E-state index in [-0.39, 0.29) is 0 Å². The molecule has 1 aromatic heterocycles. The van der Waals surface area contributed by atoms with Crippen LogP contribution in [0.15, 0.2) is 6.20 Å². The van der Waals surface area contributed by atoms with Gasteiger partial charge in [-0.05, 0) is 6.42 Å². The van der Waals surface area contributed by atoms with Gasteiger partial charge in [0, 0.05) is 25.2 Å². The van der Waals surface area contributed by atoms with E-state index < -0.39 is 0 Å². The zero-order valence-electron chi connectivity index (χ0n) is 7.29. The smallest absolute Gasteiger partial charge is 0.184 e. The highest BCUT2D eigenvalue weighted by Crippen LogP contribution is 2.20. The van der Waals surface area contributed by atoms with Crippen molar-refractivity contribution in [1.82, 2.24) is 4.98 Å². The number of hydrogen-bond donors (Lipinski definition) is 0. The van der Waals surface area contributed by atoms with Gasteiger partial charge in [0.15, 0.2) is 5.13 Å². The van der Waals surface area contributed by atoms with Crippen LogP contribution in [0.4, 0.5) is 5.13 Å². The van der Waals surface area contributed by atoms with E-state index in [1.54, 1.807) is 11.3 Å². The first-order chi connectivity index (χ1) is 5.24. The lowest BCUT2D eigenvalue weighted by atomic mass is 10.3. The maximum atomic E-state index is 4.28. The Morgan fingerprint density at radius 3 is 2.73 bits per heavy atom. The molecule has 0 saturated heterocycles. The molecule has 62 valence electrons. The van der Waals surface area contributed by atoms with Crippen LogP contribution in [0.2, 0.25) is 0 Å². The van der Waals surface area contributed by atoms with Crippen LogP contribution in [-0.4, -0.2) is 19.1 Å². The Labute approximate surface area is 71.9 Å². The summed E-state index contributed by atoms with van der Waals surface area (Å²) in [5.74, 6) is 0. The largest absolute Gasteiger partial charge is 0.354 e. The van der Waals surface area contributed by atoms with Crippen LogP contribution in [0.3, 0.4) is 0 Å². The van der Waals surface area contributed by atoms with Crippen LogP contribution in [0.25, 0.3) is 0 Å². The van der Waals surface area contributed by atoms with Gasteiger partial charge in [-0.3, -0.25) is 0 Å². The van der Waals surface area contributed by atoms with Crippen LogP contribution >= 0.6 is 11.3 Å². The first kappa shape index (κ1) is 8.53. The third-order valence-electron chi connectivity index (χ3n) is 1.42. The molecule has 1 heterocycles. The second-order valence-electron chi connectivity index (χ2n) is 2.75. The van der Waals surface area contributed by atoms with Gasteiger partial charge in [-0.15, -0.1) is 11.3 Å². The standard InChI is InChI=1S/C8H14N2S/c1-4-5-7-6-9-8(11-7)10(2)3/h6H,4-5H2,1-3H3. The molecular formula is C8H14N2S. The van der Waals surface area contributed by atoms with Crippen molar-refractivity contribution in [2.24, 2.45) is 0 Å². The monoisotopic (exact) mass is 170 g/mol. The first-order valence-corrected chi connectivity index (χ1v) is 4.67. The van der Waals surface area contributed by atoms with E-state index in [0.29, 0.717) is 0 Å². The summed E-state index contributed by atoms with van der Waals surface area (Å²) in [6.45, 7) is 2.19. The predicted molar refractivity (Wildman–Crippen MR) is 50.4 cm³/mol. The number of nitrogens with zero attached hydrogens (tertiary/aromatic N) is 2. The number of aryl methyl sites for hydroxylation is 1. The molecule has 0 aliphatic heterocycles. The molecule has 0 saturated carbocycles. The molecule has 0 bridgehead atoms. The van der Waals surface area contributed by atoms with Crippen molar-refractivity contribution in [3.63, 3.8) is 0 Å². The lowest BCUT2D eigenvalue weighted by molar-refractivity contribution is 0.936. The highest BCUT2D eigenvalue weighted by Gasteiger charge is 2.01. The maximum absolute atomic E-state index is 4.28. The Balaban J connectivity index is 2.66. The molecule has 0 amide bonds. The van der Waals surface area contributed by atoms with Crippen LogP contribution < -0.4 is 4.90 Å². The first-order valence-electron chi connectivity index (χ1n) is 3.86. The number of rotatable bonds is 3. The van der Waals surface area contributed by atoms with Crippen molar-refractivity contribution >= 4 is 16.5 Å². The van der Waals surface area contributed by atoms with E-state index in [4.69, 9.17) is 0 Å². The third kappa shape index (κ3) is 2.19. The number of anilines is 1. The molecule has 1 aromatic rings. The second kappa shape index (κ2) is 3.72. The van der Waals surface area contributed by atoms with Crippen LogP contribution in [-0.2, 0) is 6.42 Å². The SMILES string of the molecule is CCCc1cnc(N(C)C)s1. The van der Waals surface area contributed by atoms with Crippen molar-refractivity contribution in [3.05, 3.63) is 11.1 Å². The molecule has 3 heteroatoms. The van der Waals surface area contributed by atoms with Gasteiger partial charge in [0.25, 0.3) is 0 Å². The maximum Gasteiger partial charge on any atom is 0.184 e. The normalized spacial score (nSPS) is 10.1. The van der Waals surface area contributed by atoms with Gasteiger partial charge >= 0.3 is 0 Å². The summed E-state index contributed by atoms with van der Waals surface area (Å²) in [5, 5.41) is 1.11. The topological polar surface area (TPSA) is 16.1 Å². The van der Waals surface area contributed by atoms with Crippen molar-refractivity contribution in [2.45, 2.75) is 19.8 Å². The molecule has 0 unspecified atom stereocenters. The average Bonchev–Trinajstić information content (AvgIpc) is 2.37.